The van der Waals surface area contributed by atoms with Crippen LogP contribution in [0, 0.1) is 18.7 Å². The van der Waals surface area contributed by atoms with Crippen LogP contribution in [0.3, 0.4) is 0 Å². The summed E-state index contributed by atoms with van der Waals surface area (Å²) in [6, 6.07) is 7.53. The van der Waals surface area contributed by atoms with E-state index >= 15 is 0 Å². The van der Waals surface area contributed by atoms with Gasteiger partial charge in [0.1, 0.15) is 11.6 Å². The lowest BCUT2D eigenvalue weighted by Crippen LogP contribution is -2.57. The normalized spacial score (nSPS) is 19.5. The third kappa shape index (κ3) is 5.38. The fourth-order valence-electron chi connectivity index (χ4n) is 3.91. The molecule has 31 heavy (non-hydrogen) atoms. The maximum atomic E-state index is 13.5. The first-order chi connectivity index (χ1) is 14.7. The first kappa shape index (κ1) is 22.7. The summed E-state index contributed by atoms with van der Waals surface area (Å²) in [5.41, 5.74) is 7.65. The number of nitrogens with zero attached hydrogens (tertiary/aromatic N) is 3. The monoisotopic (exact) mass is 427 g/mol. The van der Waals surface area contributed by atoms with Crippen molar-refractivity contribution in [1.82, 2.24) is 14.8 Å². The Balaban J connectivity index is 1.84. The van der Waals surface area contributed by atoms with Crippen LogP contribution in [-0.4, -0.2) is 52.3 Å². The molecule has 0 bridgehead atoms. The highest BCUT2D eigenvalue weighted by atomic mass is 19.1. The van der Waals surface area contributed by atoms with Crippen molar-refractivity contribution in [2.24, 2.45) is 5.92 Å². The molecule has 1 unspecified atom stereocenters. The molecule has 1 aromatic carbocycles. The van der Waals surface area contributed by atoms with E-state index in [0.717, 1.165) is 12.1 Å². The zero-order valence-corrected chi connectivity index (χ0v) is 18.4. The quantitative estimate of drug-likeness (QED) is 0.732. The van der Waals surface area contributed by atoms with Gasteiger partial charge in [0, 0.05) is 25.7 Å². The van der Waals surface area contributed by atoms with Crippen LogP contribution in [0.2, 0.25) is 0 Å². The molecule has 2 amide bonds. The van der Waals surface area contributed by atoms with Crippen LogP contribution in [0.25, 0.3) is 0 Å². The second-order valence-electron chi connectivity index (χ2n) is 8.60. The van der Waals surface area contributed by atoms with Crippen molar-refractivity contribution in [1.29, 1.82) is 0 Å². The fourth-order valence-corrected chi connectivity index (χ4v) is 3.91. The van der Waals surface area contributed by atoms with Gasteiger partial charge in [-0.15, -0.1) is 0 Å². The van der Waals surface area contributed by atoms with Crippen molar-refractivity contribution >= 4 is 23.3 Å². The largest absolute Gasteiger partial charge is 0.383 e. The maximum absolute atomic E-state index is 13.5. The van der Waals surface area contributed by atoms with Crippen LogP contribution in [0.1, 0.15) is 37.9 Å². The van der Waals surface area contributed by atoms with Gasteiger partial charge in [-0.25, -0.2) is 9.37 Å². The molecule has 2 atom stereocenters. The number of aromatic nitrogens is 1. The minimum atomic E-state index is -0.734. The number of hydrogen-bond acceptors (Lipinski definition) is 5. The summed E-state index contributed by atoms with van der Waals surface area (Å²) in [5.74, 6) is -0.866. The van der Waals surface area contributed by atoms with Crippen molar-refractivity contribution < 1.29 is 14.0 Å². The fraction of sp³-hybridized carbons (Fsp3) is 0.435. The van der Waals surface area contributed by atoms with Gasteiger partial charge in [0.15, 0.2) is 0 Å². The molecule has 166 valence electrons. The summed E-state index contributed by atoms with van der Waals surface area (Å²) in [6.45, 7) is 9.98. The number of piperazine rings is 1. The lowest BCUT2D eigenvalue weighted by Gasteiger charge is -2.45. The second kappa shape index (κ2) is 9.43. The molecule has 1 aliphatic heterocycles. The second-order valence-corrected chi connectivity index (χ2v) is 8.60. The highest BCUT2D eigenvalue weighted by Gasteiger charge is 2.37. The SMILES string of the molecule is Cc1cc(NC(=O)C(=O)N2CC(C)N(CC(C)C)C[C@@H]2c2ccc(F)cc2)cnc1N. The molecule has 0 radical (unpaired) electrons. The molecule has 2 aromatic rings. The molecule has 1 aliphatic rings. The summed E-state index contributed by atoms with van der Waals surface area (Å²) >= 11 is 0. The number of benzene rings is 1. The lowest BCUT2D eigenvalue weighted by molar-refractivity contribution is -0.148. The molecular formula is C23H30FN5O2. The van der Waals surface area contributed by atoms with Gasteiger partial charge in [-0.2, -0.15) is 0 Å². The van der Waals surface area contributed by atoms with Crippen LogP contribution in [0.15, 0.2) is 36.5 Å². The number of halogens is 1. The molecule has 0 aliphatic carbocycles. The molecule has 1 saturated heterocycles. The van der Waals surface area contributed by atoms with E-state index in [4.69, 9.17) is 5.73 Å². The number of nitrogens with one attached hydrogen (secondary N) is 1. The number of nitrogen functional groups attached to an aromatic ring is 1. The Morgan fingerprint density at radius 3 is 2.55 bits per heavy atom. The smallest absolute Gasteiger partial charge is 0.313 e. The van der Waals surface area contributed by atoms with E-state index in [0.29, 0.717) is 36.1 Å². The standard InChI is InChI=1S/C23H30FN5O2/c1-14(2)11-28-13-20(17-5-7-18(24)8-6-17)29(12-16(28)4)23(31)22(30)27-19-9-15(3)21(25)26-10-19/h5-10,14,16,20H,11-13H2,1-4H3,(H2,25,26)(H,27,30)/t16?,20-/m1/s1. The van der Waals surface area contributed by atoms with Gasteiger partial charge in [-0.3, -0.25) is 14.5 Å². The predicted octanol–water partition coefficient (Wildman–Crippen LogP) is 2.98. The number of nitrogens with two attached hydrogens (primary N) is 1. The van der Waals surface area contributed by atoms with Crippen molar-refractivity contribution in [3.05, 3.63) is 53.5 Å². The van der Waals surface area contributed by atoms with E-state index in [1.54, 1.807) is 30.0 Å². The van der Waals surface area contributed by atoms with Gasteiger partial charge >= 0.3 is 11.8 Å². The van der Waals surface area contributed by atoms with Gasteiger partial charge in [0.05, 0.1) is 17.9 Å². The molecule has 1 fully saturated rings. The van der Waals surface area contributed by atoms with E-state index < -0.39 is 11.8 Å². The van der Waals surface area contributed by atoms with Crippen LogP contribution >= 0.6 is 0 Å². The van der Waals surface area contributed by atoms with Crippen molar-refractivity contribution in [3.63, 3.8) is 0 Å². The number of amides is 2. The summed E-state index contributed by atoms with van der Waals surface area (Å²) < 4.78 is 13.5. The lowest BCUT2D eigenvalue weighted by atomic mass is 9.98. The van der Waals surface area contributed by atoms with Crippen molar-refractivity contribution in [2.75, 3.05) is 30.7 Å². The molecule has 3 N–H and O–H groups in total. The Bertz CT molecular complexity index is 947. The summed E-state index contributed by atoms with van der Waals surface area (Å²) in [5, 5.41) is 2.62. The first-order valence-corrected chi connectivity index (χ1v) is 10.5. The number of hydrogen-bond donors (Lipinski definition) is 2. The Kier molecular flexibility index (Phi) is 6.90. The summed E-state index contributed by atoms with van der Waals surface area (Å²) in [7, 11) is 0. The maximum Gasteiger partial charge on any atom is 0.313 e. The van der Waals surface area contributed by atoms with Gasteiger partial charge in [-0.1, -0.05) is 26.0 Å². The van der Waals surface area contributed by atoms with Gasteiger partial charge in [0.2, 0.25) is 0 Å². The highest BCUT2D eigenvalue weighted by Crippen LogP contribution is 2.29. The minimum Gasteiger partial charge on any atom is -0.383 e. The first-order valence-electron chi connectivity index (χ1n) is 10.5. The number of carbonyl (C=O) groups is 2. The Hall–Kier alpha value is -3.00. The Labute approximate surface area is 182 Å². The van der Waals surface area contributed by atoms with E-state index in [1.165, 1.54) is 18.3 Å². The number of carbonyl (C=O) groups excluding carboxylic acids is 2. The summed E-state index contributed by atoms with van der Waals surface area (Å²) in [4.78, 5) is 33.8. The average Bonchev–Trinajstić information content (AvgIpc) is 2.71. The third-order valence-electron chi connectivity index (χ3n) is 5.55. The number of rotatable bonds is 4. The Morgan fingerprint density at radius 2 is 1.94 bits per heavy atom. The molecule has 7 nitrogen and oxygen atoms in total. The Morgan fingerprint density at radius 1 is 1.26 bits per heavy atom. The predicted molar refractivity (Wildman–Crippen MR) is 119 cm³/mol. The molecule has 2 heterocycles. The van der Waals surface area contributed by atoms with Crippen LogP contribution < -0.4 is 11.1 Å². The van der Waals surface area contributed by atoms with E-state index in [-0.39, 0.29) is 17.9 Å². The molecule has 3 rings (SSSR count). The van der Waals surface area contributed by atoms with E-state index in [1.807, 2.05) is 0 Å². The summed E-state index contributed by atoms with van der Waals surface area (Å²) in [6.07, 6.45) is 1.42. The van der Waals surface area contributed by atoms with Gasteiger partial charge in [-0.05, 0) is 49.1 Å². The van der Waals surface area contributed by atoms with E-state index in [2.05, 4.69) is 36.0 Å². The number of aryl methyl sites for hydroxylation is 1. The number of pyridine rings is 1. The average molecular weight is 428 g/mol. The minimum absolute atomic E-state index is 0.0938. The molecular weight excluding hydrogens is 397 g/mol. The van der Waals surface area contributed by atoms with Crippen LogP contribution in [-0.2, 0) is 9.59 Å². The van der Waals surface area contributed by atoms with Crippen LogP contribution in [0.4, 0.5) is 15.9 Å². The molecule has 1 aromatic heterocycles. The molecule has 8 heteroatoms. The van der Waals surface area contributed by atoms with Gasteiger partial charge < -0.3 is 16.0 Å². The van der Waals surface area contributed by atoms with Gasteiger partial charge in [0.25, 0.3) is 0 Å². The van der Waals surface area contributed by atoms with Crippen LogP contribution in [0.5, 0.6) is 0 Å². The zero-order chi connectivity index (χ0) is 22.7. The van der Waals surface area contributed by atoms with Crippen molar-refractivity contribution in [3.8, 4) is 0 Å². The van der Waals surface area contributed by atoms with Crippen molar-refractivity contribution in [2.45, 2.75) is 39.8 Å². The zero-order valence-electron chi connectivity index (χ0n) is 18.4. The topological polar surface area (TPSA) is 91.6 Å². The third-order valence-corrected chi connectivity index (χ3v) is 5.55. The highest BCUT2D eigenvalue weighted by molar-refractivity contribution is 6.39. The molecule has 0 spiro atoms. The number of anilines is 2. The molecule has 0 saturated carbocycles. The van der Waals surface area contributed by atoms with E-state index in [9.17, 15) is 14.0 Å².